The summed E-state index contributed by atoms with van der Waals surface area (Å²) in [5, 5.41) is 6.20. The molecule has 0 saturated heterocycles. The quantitative estimate of drug-likeness (QED) is 0.463. The number of halogens is 2. The lowest BCUT2D eigenvalue weighted by molar-refractivity contribution is 0.262. The van der Waals surface area contributed by atoms with Crippen LogP contribution < -0.4 is 15.4 Å². The zero-order chi connectivity index (χ0) is 21.0. The third kappa shape index (κ3) is 5.63. The van der Waals surface area contributed by atoms with Crippen molar-refractivity contribution in [3.8, 4) is 0 Å². The molecule has 0 heterocycles. The second-order valence-electron chi connectivity index (χ2n) is 6.18. The van der Waals surface area contributed by atoms with E-state index in [-0.39, 0.29) is 4.90 Å². The van der Waals surface area contributed by atoms with Crippen molar-refractivity contribution >= 4 is 56.3 Å². The molecule has 0 spiro atoms. The summed E-state index contributed by atoms with van der Waals surface area (Å²) in [7, 11) is -3.80. The third-order valence-electron chi connectivity index (χ3n) is 3.95. The Morgan fingerprint density at radius 1 is 0.828 bits per heavy atom. The van der Waals surface area contributed by atoms with Crippen LogP contribution in [0.3, 0.4) is 0 Å². The second kappa shape index (κ2) is 8.73. The maximum absolute atomic E-state index is 12.6. The van der Waals surface area contributed by atoms with Crippen LogP contribution in [0.25, 0.3) is 0 Å². The number of urea groups is 1. The number of sulfonamides is 1. The van der Waals surface area contributed by atoms with Gasteiger partial charge >= 0.3 is 6.03 Å². The number of nitrogens with one attached hydrogen (secondary N) is 3. The van der Waals surface area contributed by atoms with Crippen molar-refractivity contribution in [3.05, 3.63) is 82.3 Å². The Kier molecular flexibility index (Phi) is 6.32. The summed E-state index contributed by atoms with van der Waals surface area (Å²) in [6, 6.07) is 17.0. The van der Waals surface area contributed by atoms with Gasteiger partial charge in [-0.25, -0.2) is 13.2 Å². The van der Waals surface area contributed by atoms with Gasteiger partial charge in [-0.3, -0.25) is 4.72 Å². The molecule has 2 amide bonds. The molecule has 29 heavy (non-hydrogen) atoms. The van der Waals surface area contributed by atoms with Crippen molar-refractivity contribution in [3.63, 3.8) is 0 Å². The number of amides is 2. The molecule has 0 aliphatic carbocycles. The Bertz CT molecular complexity index is 1150. The van der Waals surface area contributed by atoms with E-state index in [9.17, 15) is 13.2 Å². The molecule has 3 N–H and O–H groups in total. The summed E-state index contributed by atoms with van der Waals surface area (Å²) >= 11 is 11.8. The molecule has 0 unspecified atom stereocenters. The van der Waals surface area contributed by atoms with Crippen LogP contribution in [-0.4, -0.2) is 14.4 Å². The summed E-state index contributed by atoms with van der Waals surface area (Å²) in [6.45, 7) is 1.78. The van der Waals surface area contributed by atoms with Gasteiger partial charge in [-0.2, -0.15) is 0 Å². The van der Waals surface area contributed by atoms with Crippen molar-refractivity contribution in [2.45, 2.75) is 11.8 Å². The van der Waals surface area contributed by atoms with Crippen LogP contribution in [0, 0.1) is 6.92 Å². The van der Waals surface area contributed by atoms with E-state index in [1.807, 2.05) is 0 Å². The van der Waals surface area contributed by atoms with Crippen molar-refractivity contribution in [1.82, 2.24) is 0 Å². The summed E-state index contributed by atoms with van der Waals surface area (Å²) < 4.78 is 27.7. The monoisotopic (exact) mass is 449 g/mol. The van der Waals surface area contributed by atoms with Gasteiger partial charge in [-0.1, -0.05) is 35.3 Å². The van der Waals surface area contributed by atoms with E-state index in [1.165, 1.54) is 24.3 Å². The normalized spacial score (nSPS) is 11.0. The Labute approximate surface area is 178 Å². The molecule has 0 atom stereocenters. The van der Waals surface area contributed by atoms with Gasteiger partial charge in [0.1, 0.15) is 0 Å². The van der Waals surface area contributed by atoms with Crippen LogP contribution in [0.15, 0.2) is 71.6 Å². The highest BCUT2D eigenvalue weighted by Crippen LogP contribution is 2.24. The number of benzene rings is 3. The van der Waals surface area contributed by atoms with Crippen molar-refractivity contribution in [2.24, 2.45) is 0 Å². The number of rotatable bonds is 5. The summed E-state index contributed by atoms with van der Waals surface area (Å²) in [5.74, 6) is 0. The van der Waals surface area contributed by atoms with E-state index >= 15 is 0 Å². The smallest absolute Gasteiger partial charge is 0.308 e. The number of carbonyl (C=O) groups is 1. The van der Waals surface area contributed by atoms with Gasteiger partial charge in [-0.05, 0) is 67.1 Å². The molecule has 0 bridgehead atoms. The maximum Gasteiger partial charge on any atom is 0.323 e. The van der Waals surface area contributed by atoms with E-state index in [1.54, 1.807) is 49.4 Å². The van der Waals surface area contributed by atoms with Crippen LogP contribution in [0.4, 0.5) is 21.9 Å². The fraction of sp³-hybridized carbons (Fsp3) is 0.0500. The van der Waals surface area contributed by atoms with Gasteiger partial charge < -0.3 is 10.6 Å². The lowest BCUT2D eigenvalue weighted by Crippen LogP contribution is -2.19. The highest BCUT2D eigenvalue weighted by Gasteiger charge is 2.16. The molecule has 0 radical (unpaired) electrons. The first-order valence-corrected chi connectivity index (χ1v) is 10.7. The number of aryl methyl sites for hydroxylation is 1. The highest BCUT2D eigenvalue weighted by molar-refractivity contribution is 7.92. The fourth-order valence-electron chi connectivity index (χ4n) is 2.48. The van der Waals surface area contributed by atoms with Gasteiger partial charge in [0, 0.05) is 21.4 Å². The largest absolute Gasteiger partial charge is 0.323 e. The van der Waals surface area contributed by atoms with Gasteiger partial charge in [-0.15, -0.1) is 0 Å². The van der Waals surface area contributed by atoms with Gasteiger partial charge in [0.15, 0.2) is 0 Å². The first-order valence-electron chi connectivity index (χ1n) is 8.45. The van der Waals surface area contributed by atoms with Crippen LogP contribution in [-0.2, 0) is 10.0 Å². The first kappa shape index (κ1) is 21.0. The molecule has 6 nitrogen and oxygen atoms in total. The van der Waals surface area contributed by atoms with E-state index < -0.39 is 16.1 Å². The lowest BCUT2D eigenvalue weighted by Gasteiger charge is -2.12. The Balaban J connectivity index is 1.68. The minimum atomic E-state index is -3.80. The topological polar surface area (TPSA) is 87.3 Å². The van der Waals surface area contributed by atoms with Crippen LogP contribution in [0.1, 0.15) is 5.56 Å². The van der Waals surface area contributed by atoms with Crippen LogP contribution >= 0.6 is 23.2 Å². The molecule has 0 aromatic heterocycles. The predicted molar refractivity (Wildman–Crippen MR) is 118 cm³/mol. The Hall–Kier alpha value is -2.74. The molecule has 3 aromatic rings. The minimum absolute atomic E-state index is 0.0534. The third-order valence-corrected chi connectivity index (χ3v) is 5.80. The summed E-state index contributed by atoms with van der Waals surface area (Å²) in [5.41, 5.74) is 2.12. The summed E-state index contributed by atoms with van der Waals surface area (Å²) in [6.07, 6.45) is 0. The SMILES string of the molecule is Cc1ccc(Cl)cc1NS(=O)(=O)c1ccc(NC(=O)Nc2cccc(Cl)c2)cc1. The minimum Gasteiger partial charge on any atom is -0.308 e. The van der Waals surface area contributed by atoms with Crippen LogP contribution in [0.2, 0.25) is 10.0 Å². The molecule has 9 heteroatoms. The van der Waals surface area contributed by atoms with Gasteiger partial charge in [0.05, 0.1) is 10.6 Å². The average Bonchev–Trinajstić information content (AvgIpc) is 2.65. The molecular formula is C20H17Cl2N3O3S. The van der Waals surface area contributed by atoms with E-state index in [4.69, 9.17) is 23.2 Å². The zero-order valence-electron chi connectivity index (χ0n) is 15.2. The van der Waals surface area contributed by atoms with E-state index in [0.717, 1.165) is 5.56 Å². The number of carbonyl (C=O) groups excluding carboxylic acids is 1. The second-order valence-corrected chi connectivity index (χ2v) is 8.73. The van der Waals surface area contributed by atoms with Gasteiger partial charge in [0.2, 0.25) is 0 Å². The van der Waals surface area contributed by atoms with E-state index in [2.05, 4.69) is 15.4 Å². The molecule has 150 valence electrons. The molecule has 0 fully saturated rings. The van der Waals surface area contributed by atoms with Crippen LogP contribution in [0.5, 0.6) is 0 Å². The summed E-state index contributed by atoms with van der Waals surface area (Å²) in [4.78, 5) is 12.1. The Morgan fingerprint density at radius 3 is 2.17 bits per heavy atom. The molecule has 0 saturated carbocycles. The average molecular weight is 450 g/mol. The highest BCUT2D eigenvalue weighted by atomic mass is 35.5. The number of hydrogen-bond acceptors (Lipinski definition) is 3. The van der Waals surface area contributed by atoms with Gasteiger partial charge in [0.25, 0.3) is 10.0 Å². The zero-order valence-corrected chi connectivity index (χ0v) is 17.6. The van der Waals surface area contributed by atoms with Crippen molar-refractivity contribution < 1.29 is 13.2 Å². The van der Waals surface area contributed by atoms with Crippen molar-refractivity contribution in [1.29, 1.82) is 0 Å². The standard InChI is InChI=1S/C20H17Cl2N3O3S/c1-13-5-6-15(22)12-19(13)25-29(27,28)18-9-7-16(8-10-18)23-20(26)24-17-4-2-3-14(21)11-17/h2-12,25H,1H3,(H2,23,24,26). The number of hydrogen-bond donors (Lipinski definition) is 3. The van der Waals surface area contributed by atoms with E-state index in [0.29, 0.717) is 27.1 Å². The van der Waals surface area contributed by atoms with Crippen molar-refractivity contribution in [2.75, 3.05) is 15.4 Å². The first-order chi connectivity index (χ1) is 13.7. The number of anilines is 3. The molecule has 3 aromatic carbocycles. The fourth-order valence-corrected chi connectivity index (χ4v) is 3.97. The molecule has 0 aliphatic rings. The molecular weight excluding hydrogens is 433 g/mol. The Morgan fingerprint density at radius 2 is 1.48 bits per heavy atom. The predicted octanol–water partition coefficient (Wildman–Crippen LogP) is 5.75. The lowest BCUT2D eigenvalue weighted by atomic mass is 10.2. The maximum atomic E-state index is 12.6. The molecule has 3 rings (SSSR count). The molecule has 0 aliphatic heterocycles.